The zero-order valence-corrected chi connectivity index (χ0v) is 16.2. The van der Waals surface area contributed by atoms with Crippen LogP contribution in [0.5, 0.6) is 0 Å². The van der Waals surface area contributed by atoms with E-state index in [2.05, 4.69) is 16.8 Å². The van der Waals surface area contributed by atoms with Crippen molar-refractivity contribution in [1.82, 2.24) is 9.47 Å². The van der Waals surface area contributed by atoms with Gasteiger partial charge in [-0.05, 0) is 55.7 Å². The van der Waals surface area contributed by atoms with Gasteiger partial charge in [0.15, 0.2) is 0 Å². The molecule has 0 unspecified atom stereocenters. The van der Waals surface area contributed by atoms with Crippen LogP contribution < -0.4 is 0 Å². The van der Waals surface area contributed by atoms with E-state index in [0.717, 1.165) is 40.2 Å². The quantitative estimate of drug-likeness (QED) is 0.571. The number of nitrogens with zero attached hydrogens (tertiary/aromatic N) is 2. The van der Waals surface area contributed by atoms with Crippen LogP contribution in [0.15, 0.2) is 66.9 Å². The van der Waals surface area contributed by atoms with Gasteiger partial charge in [0.2, 0.25) is 0 Å². The van der Waals surface area contributed by atoms with Crippen LogP contribution in [0.25, 0.3) is 0 Å². The minimum Gasteiger partial charge on any atom is -0.345 e. The highest BCUT2D eigenvalue weighted by atomic mass is 35.5. The lowest BCUT2D eigenvalue weighted by Gasteiger charge is -2.24. The average Bonchev–Trinajstić information content (AvgIpc) is 3.42. The summed E-state index contributed by atoms with van der Waals surface area (Å²) >= 11 is 6.33. The van der Waals surface area contributed by atoms with Crippen LogP contribution in [0, 0.1) is 6.92 Å². The highest BCUT2D eigenvalue weighted by Gasteiger charge is 2.33. The number of amides is 1. The molecule has 0 aliphatic heterocycles. The first kappa shape index (κ1) is 17.9. The van der Waals surface area contributed by atoms with E-state index in [1.54, 1.807) is 0 Å². The van der Waals surface area contributed by atoms with E-state index in [-0.39, 0.29) is 5.91 Å². The molecule has 1 aliphatic rings. The summed E-state index contributed by atoms with van der Waals surface area (Å²) in [5, 5.41) is 0.770. The van der Waals surface area contributed by atoms with Crippen molar-refractivity contribution in [1.29, 1.82) is 0 Å². The minimum absolute atomic E-state index is 0.114. The molecule has 4 heteroatoms. The van der Waals surface area contributed by atoms with Crippen LogP contribution in [-0.4, -0.2) is 21.4 Å². The zero-order valence-electron chi connectivity index (χ0n) is 15.4. The Kier molecular flexibility index (Phi) is 5.04. The van der Waals surface area contributed by atoms with Crippen molar-refractivity contribution in [2.45, 2.75) is 38.9 Å². The fraction of sp³-hybridized carbons (Fsp3) is 0.261. The molecule has 1 saturated carbocycles. The van der Waals surface area contributed by atoms with Crippen molar-refractivity contribution in [3.63, 3.8) is 0 Å². The van der Waals surface area contributed by atoms with Crippen LogP contribution in [0.2, 0.25) is 5.02 Å². The first-order valence-electron chi connectivity index (χ1n) is 9.37. The molecule has 2 aromatic carbocycles. The lowest BCUT2D eigenvalue weighted by atomic mass is 10.1. The fourth-order valence-electron chi connectivity index (χ4n) is 3.35. The normalized spacial score (nSPS) is 13.6. The second kappa shape index (κ2) is 7.61. The summed E-state index contributed by atoms with van der Waals surface area (Å²) in [6, 6.07) is 20.2. The van der Waals surface area contributed by atoms with E-state index in [0.29, 0.717) is 19.1 Å². The van der Waals surface area contributed by atoms with Gasteiger partial charge in [-0.1, -0.05) is 47.5 Å². The molecule has 4 rings (SSSR count). The average molecular weight is 379 g/mol. The summed E-state index contributed by atoms with van der Waals surface area (Å²) in [5.41, 5.74) is 4.14. The van der Waals surface area contributed by atoms with Crippen LogP contribution >= 0.6 is 11.6 Å². The van der Waals surface area contributed by atoms with Crippen molar-refractivity contribution < 1.29 is 4.79 Å². The van der Waals surface area contributed by atoms with Gasteiger partial charge in [-0.15, -0.1) is 0 Å². The first-order chi connectivity index (χ1) is 13.1. The van der Waals surface area contributed by atoms with Crippen LogP contribution in [0.4, 0.5) is 0 Å². The van der Waals surface area contributed by atoms with Crippen LogP contribution in [-0.2, 0) is 13.1 Å². The number of carbonyl (C=O) groups is 1. The lowest BCUT2D eigenvalue weighted by Crippen LogP contribution is -2.33. The van der Waals surface area contributed by atoms with Gasteiger partial charge in [-0.2, -0.15) is 0 Å². The van der Waals surface area contributed by atoms with Crippen molar-refractivity contribution in [2.75, 3.05) is 0 Å². The topological polar surface area (TPSA) is 25.2 Å². The fourth-order valence-corrected chi connectivity index (χ4v) is 3.54. The number of carbonyl (C=O) groups excluding carboxylic acids is 1. The first-order valence-corrected chi connectivity index (χ1v) is 9.74. The number of hydrogen-bond acceptors (Lipinski definition) is 1. The number of benzene rings is 2. The molecule has 1 amide bonds. The molecule has 0 N–H and O–H groups in total. The molecule has 1 fully saturated rings. The molecule has 1 aromatic heterocycles. The molecule has 1 aliphatic carbocycles. The zero-order chi connectivity index (χ0) is 18.8. The Morgan fingerprint density at radius 2 is 1.81 bits per heavy atom. The van der Waals surface area contributed by atoms with E-state index in [4.69, 9.17) is 11.6 Å². The Hall–Kier alpha value is -2.52. The molecule has 27 heavy (non-hydrogen) atoms. The maximum absolute atomic E-state index is 13.1. The summed E-state index contributed by atoms with van der Waals surface area (Å²) in [6.07, 6.45) is 4.23. The molecule has 1 heterocycles. The Morgan fingerprint density at radius 3 is 2.52 bits per heavy atom. The smallest absolute Gasteiger partial charge is 0.254 e. The number of aromatic nitrogens is 1. The molecule has 0 spiro atoms. The van der Waals surface area contributed by atoms with Crippen LogP contribution in [0.1, 0.15) is 40.0 Å². The van der Waals surface area contributed by atoms with Crippen LogP contribution in [0.3, 0.4) is 0 Å². The molecule has 0 radical (unpaired) electrons. The standard InChI is InChI=1S/C23H23ClN2O/c1-17-8-10-18(11-9-17)23(27)26(20-12-13-20)16-21-6-4-14-25(21)15-19-5-2-3-7-22(19)24/h2-11,14,20H,12-13,15-16H2,1H3. The summed E-state index contributed by atoms with van der Waals surface area (Å²) < 4.78 is 2.18. The maximum atomic E-state index is 13.1. The lowest BCUT2D eigenvalue weighted by molar-refractivity contribution is 0.0726. The predicted molar refractivity (Wildman–Crippen MR) is 109 cm³/mol. The second-order valence-electron chi connectivity index (χ2n) is 7.25. The third-order valence-corrected chi connectivity index (χ3v) is 5.47. The monoisotopic (exact) mass is 378 g/mol. The molecule has 138 valence electrons. The SMILES string of the molecule is Cc1ccc(C(=O)N(Cc2cccn2Cc2ccccc2Cl)C2CC2)cc1. The van der Waals surface area contributed by atoms with Gasteiger partial charge >= 0.3 is 0 Å². The highest BCUT2D eigenvalue weighted by Crippen LogP contribution is 2.30. The van der Waals surface area contributed by atoms with Gasteiger partial charge < -0.3 is 9.47 Å². The number of rotatable bonds is 6. The van der Waals surface area contributed by atoms with Crippen molar-refractivity contribution >= 4 is 17.5 Å². The van der Waals surface area contributed by atoms with Gasteiger partial charge in [0.05, 0.1) is 6.54 Å². The predicted octanol–water partition coefficient (Wildman–Crippen LogP) is 5.30. The van der Waals surface area contributed by atoms with E-state index in [1.807, 2.05) is 66.4 Å². The van der Waals surface area contributed by atoms with Crippen molar-refractivity contribution in [3.8, 4) is 0 Å². The van der Waals surface area contributed by atoms with E-state index >= 15 is 0 Å². The molecule has 0 saturated heterocycles. The van der Waals surface area contributed by atoms with Gasteiger partial charge in [-0.25, -0.2) is 0 Å². The molecular weight excluding hydrogens is 356 g/mol. The van der Waals surface area contributed by atoms with E-state index < -0.39 is 0 Å². The minimum atomic E-state index is 0.114. The third-order valence-electron chi connectivity index (χ3n) is 5.10. The third kappa shape index (κ3) is 4.09. The van der Waals surface area contributed by atoms with E-state index in [9.17, 15) is 4.79 Å². The molecule has 3 aromatic rings. The summed E-state index contributed by atoms with van der Waals surface area (Å²) in [7, 11) is 0. The molecule has 0 bridgehead atoms. The Labute approximate surface area is 165 Å². The largest absolute Gasteiger partial charge is 0.345 e. The summed E-state index contributed by atoms with van der Waals surface area (Å²) in [4.78, 5) is 15.1. The molecule has 3 nitrogen and oxygen atoms in total. The van der Waals surface area contributed by atoms with Gasteiger partial charge in [0.25, 0.3) is 5.91 Å². The highest BCUT2D eigenvalue weighted by molar-refractivity contribution is 6.31. The van der Waals surface area contributed by atoms with E-state index in [1.165, 1.54) is 0 Å². The molecule has 0 atom stereocenters. The van der Waals surface area contributed by atoms with Crippen molar-refractivity contribution in [2.24, 2.45) is 0 Å². The second-order valence-corrected chi connectivity index (χ2v) is 7.66. The number of hydrogen-bond donors (Lipinski definition) is 0. The van der Waals surface area contributed by atoms with Gasteiger partial charge in [0.1, 0.15) is 0 Å². The summed E-state index contributed by atoms with van der Waals surface area (Å²) in [5.74, 6) is 0.114. The maximum Gasteiger partial charge on any atom is 0.254 e. The van der Waals surface area contributed by atoms with Gasteiger partial charge in [-0.3, -0.25) is 4.79 Å². The Morgan fingerprint density at radius 1 is 1.07 bits per heavy atom. The summed E-state index contributed by atoms with van der Waals surface area (Å²) in [6.45, 7) is 3.36. The Balaban J connectivity index is 1.55. The van der Waals surface area contributed by atoms with Crippen molar-refractivity contribution in [3.05, 3.63) is 94.3 Å². The number of aryl methyl sites for hydroxylation is 1. The number of halogens is 1. The van der Waals surface area contributed by atoms with Gasteiger partial charge in [0, 0.05) is 35.1 Å². The molecular formula is C23H23ClN2O. The Bertz CT molecular complexity index is 941.